The van der Waals surface area contributed by atoms with Crippen LogP contribution >= 0.6 is 11.6 Å². The number of aromatic hydroxyl groups is 1. The van der Waals surface area contributed by atoms with Crippen molar-refractivity contribution in [1.29, 1.82) is 0 Å². The summed E-state index contributed by atoms with van der Waals surface area (Å²) in [7, 11) is 4.00. The predicted molar refractivity (Wildman–Crippen MR) is 85.9 cm³/mol. The van der Waals surface area contributed by atoms with Crippen LogP contribution in [0.15, 0.2) is 42.5 Å². The van der Waals surface area contributed by atoms with E-state index in [-0.39, 0.29) is 11.8 Å². The topological polar surface area (TPSA) is 35.5 Å². The molecule has 0 saturated carbocycles. The second-order valence-corrected chi connectivity index (χ2v) is 5.45. The van der Waals surface area contributed by atoms with Crippen LogP contribution in [0.1, 0.15) is 18.5 Å². The summed E-state index contributed by atoms with van der Waals surface area (Å²) in [6, 6.07) is 13.1. The molecule has 0 heterocycles. The fraction of sp³-hybridized carbons (Fsp3) is 0.250. The lowest BCUT2D eigenvalue weighted by Gasteiger charge is -2.22. The van der Waals surface area contributed by atoms with Gasteiger partial charge in [0.2, 0.25) is 0 Å². The minimum atomic E-state index is 0.118. The van der Waals surface area contributed by atoms with Crippen molar-refractivity contribution in [2.75, 3.05) is 24.3 Å². The van der Waals surface area contributed by atoms with E-state index in [2.05, 4.69) is 12.2 Å². The molecular formula is C16H19ClN2O. The van der Waals surface area contributed by atoms with E-state index in [9.17, 15) is 5.11 Å². The molecule has 0 aliphatic rings. The summed E-state index contributed by atoms with van der Waals surface area (Å²) >= 11 is 6.08. The fourth-order valence-corrected chi connectivity index (χ4v) is 2.27. The van der Waals surface area contributed by atoms with Crippen LogP contribution in [0.3, 0.4) is 0 Å². The number of phenols is 1. The van der Waals surface area contributed by atoms with Gasteiger partial charge in [-0.3, -0.25) is 0 Å². The lowest BCUT2D eigenvalue weighted by atomic mass is 10.1. The molecule has 0 spiro atoms. The molecule has 0 radical (unpaired) electrons. The van der Waals surface area contributed by atoms with Gasteiger partial charge in [0.15, 0.2) is 0 Å². The van der Waals surface area contributed by atoms with Crippen LogP contribution in [-0.2, 0) is 0 Å². The van der Waals surface area contributed by atoms with Gasteiger partial charge >= 0.3 is 0 Å². The minimum absolute atomic E-state index is 0.118. The molecule has 0 bridgehead atoms. The summed E-state index contributed by atoms with van der Waals surface area (Å²) in [4.78, 5) is 2.04. The molecule has 0 aliphatic carbocycles. The van der Waals surface area contributed by atoms with Crippen LogP contribution in [0.25, 0.3) is 0 Å². The third-order valence-electron chi connectivity index (χ3n) is 3.21. The van der Waals surface area contributed by atoms with Crippen LogP contribution < -0.4 is 10.2 Å². The highest BCUT2D eigenvalue weighted by Gasteiger charge is 2.10. The molecule has 1 unspecified atom stereocenters. The molecule has 0 amide bonds. The maximum Gasteiger partial charge on any atom is 0.115 e. The number of phenolic OH excluding ortho intramolecular Hbond substituents is 1. The Balaban J connectivity index is 2.24. The lowest BCUT2D eigenvalue weighted by molar-refractivity contribution is 0.475. The van der Waals surface area contributed by atoms with Crippen LogP contribution in [0.5, 0.6) is 5.75 Å². The van der Waals surface area contributed by atoms with E-state index in [4.69, 9.17) is 11.6 Å². The molecule has 2 rings (SSSR count). The van der Waals surface area contributed by atoms with Gasteiger partial charge in [0, 0.05) is 25.2 Å². The lowest BCUT2D eigenvalue weighted by Crippen LogP contribution is -2.14. The van der Waals surface area contributed by atoms with Crippen LogP contribution in [0.2, 0.25) is 5.02 Å². The first-order valence-corrected chi connectivity index (χ1v) is 6.87. The standard InChI is InChI=1S/C16H19ClN2O/c1-11(12-4-7-14(20)8-5-12)18-15-10-13(17)6-9-16(15)19(2)3/h4-11,18,20H,1-3H3. The van der Waals surface area contributed by atoms with Gasteiger partial charge < -0.3 is 15.3 Å². The molecular weight excluding hydrogens is 272 g/mol. The molecule has 0 aliphatic heterocycles. The summed E-state index contributed by atoms with van der Waals surface area (Å²) in [6.07, 6.45) is 0. The smallest absolute Gasteiger partial charge is 0.115 e. The van der Waals surface area contributed by atoms with Crippen molar-refractivity contribution in [3.8, 4) is 5.75 Å². The summed E-state index contributed by atoms with van der Waals surface area (Å²) in [5.74, 6) is 0.276. The van der Waals surface area contributed by atoms with E-state index in [1.165, 1.54) is 0 Å². The molecule has 0 aromatic heterocycles. The highest BCUT2D eigenvalue weighted by atomic mass is 35.5. The fourth-order valence-electron chi connectivity index (χ4n) is 2.09. The largest absolute Gasteiger partial charge is 0.508 e. The number of hydrogen-bond acceptors (Lipinski definition) is 3. The van der Waals surface area contributed by atoms with E-state index >= 15 is 0 Å². The first-order chi connectivity index (χ1) is 9.47. The van der Waals surface area contributed by atoms with Gasteiger partial charge in [0.1, 0.15) is 5.75 Å². The minimum Gasteiger partial charge on any atom is -0.508 e. The normalized spacial score (nSPS) is 12.0. The van der Waals surface area contributed by atoms with Gasteiger partial charge in [0.25, 0.3) is 0 Å². The molecule has 2 aromatic carbocycles. The van der Waals surface area contributed by atoms with Crippen molar-refractivity contribution in [3.63, 3.8) is 0 Å². The van der Waals surface area contributed by atoms with Crippen molar-refractivity contribution in [1.82, 2.24) is 0 Å². The second-order valence-electron chi connectivity index (χ2n) is 5.01. The van der Waals surface area contributed by atoms with E-state index in [0.29, 0.717) is 5.02 Å². The van der Waals surface area contributed by atoms with Gasteiger partial charge in [-0.15, -0.1) is 0 Å². The van der Waals surface area contributed by atoms with Crippen molar-refractivity contribution in [3.05, 3.63) is 53.1 Å². The summed E-state index contributed by atoms with van der Waals surface area (Å²) in [5.41, 5.74) is 3.18. The highest BCUT2D eigenvalue weighted by molar-refractivity contribution is 6.31. The molecule has 0 fully saturated rings. The monoisotopic (exact) mass is 290 g/mol. The first-order valence-electron chi connectivity index (χ1n) is 6.49. The quantitative estimate of drug-likeness (QED) is 0.882. The van der Waals surface area contributed by atoms with Crippen LogP contribution in [0, 0.1) is 0 Å². The third-order valence-corrected chi connectivity index (χ3v) is 3.44. The number of benzene rings is 2. The molecule has 20 heavy (non-hydrogen) atoms. The Morgan fingerprint density at radius 1 is 1.10 bits per heavy atom. The third kappa shape index (κ3) is 3.36. The Bertz CT molecular complexity index is 582. The molecule has 4 heteroatoms. The highest BCUT2D eigenvalue weighted by Crippen LogP contribution is 2.31. The van der Waals surface area contributed by atoms with Gasteiger partial charge in [-0.05, 0) is 42.8 Å². The van der Waals surface area contributed by atoms with Gasteiger partial charge in [-0.1, -0.05) is 23.7 Å². The van der Waals surface area contributed by atoms with Gasteiger partial charge in [0.05, 0.1) is 11.4 Å². The average molecular weight is 291 g/mol. The summed E-state index contributed by atoms with van der Waals surface area (Å²) in [5, 5.41) is 13.5. The van der Waals surface area contributed by atoms with Crippen LogP contribution in [0.4, 0.5) is 11.4 Å². The molecule has 0 saturated heterocycles. The number of nitrogens with one attached hydrogen (secondary N) is 1. The van der Waals surface area contributed by atoms with E-state index in [0.717, 1.165) is 16.9 Å². The molecule has 3 nitrogen and oxygen atoms in total. The summed E-state index contributed by atoms with van der Waals surface area (Å²) < 4.78 is 0. The van der Waals surface area contributed by atoms with Crippen molar-refractivity contribution >= 4 is 23.0 Å². The van der Waals surface area contributed by atoms with Gasteiger partial charge in [-0.2, -0.15) is 0 Å². The number of rotatable bonds is 4. The number of anilines is 2. The van der Waals surface area contributed by atoms with Crippen LogP contribution in [-0.4, -0.2) is 19.2 Å². The van der Waals surface area contributed by atoms with E-state index in [1.807, 2.05) is 49.3 Å². The van der Waals surface area contributed by atoms with Crippen molar-refractivity contribution < 1.29 is 5.11 Å². The number of hydrogen-bond donors (Lipinski definition) is 2. The van der Waals surface area contributed by atoms with E-state index < -0.39 is 0 Å². The molecule has 106 valence electrons. The maximum atomic E-state index is 9.34. The van der Waals surface area contributed by atoms with Crippen molar-refractivity contribution in [2.24, 2.45) is 0 Å². The summed E-state index contributed by atoms with van der Waals surface area (Å²) in [6.45, 7) is 2.08. The van der Waals surface area contributed by atoms with Gasteiger partial charge in [-0.25, -0.2) is 0 Å². The SMILES string of the molecule is CC(Nc1cc(Cl)ccc1N(C)C)c1ccc(O)cc1. The second kappa shape index (κ2) is 6.06. The maximum absolute atomic E-state index is 9.34. The Hall–Kier alpha value is -1.87. The predicted octanol–water partition coefficient (Wildman–Crippen LogP) is 4.28. The molecule has 2 N–H and O–H groups in total. The Morgan fingerprint density at radius 2 is 1.75 bits per heavy atom. The Morgan fingerprint density at radius 3 is 2.35 bits per heavy atom. The zero-order chi connectivity index (χ0) is 14.7. The average Bonchev–Trinajstić information content (AvgIpc) is 2.39. The molecule has 2 aromatic rings. The van der Waals surface area contributed by atoms with E-state index in [1.54, 1.807) is 12.1 Å². The first kappa shape index (κ1) is 14.5. The number of halogens is 1. The number of nitrogens with zero attached hydrogens (tertiary/aromatic N) is 1. The Kier molecular flexibility index (Phi) is 4.40. The zero-order valence-electron chi connectivity index (χ0n) is 11.9. The Labute approximate surface area is 124 Å². The van der Waals surface area contributed by atoms with Crippen molar-refractivity contribution in [2.45, 2.75) is 13.0 Å². The zero-order valence-corrected chi connectivity index (χ0v) is 12.6. The molecule has 1 atom stereocenters.